The lowest BCUT2D eigenvalue weighted by molar-refractivity contribution is -0.121. The zero-order valence-electron chi connectivity index (χ0n) is 11.4. The fourth-order valence-electron chi connectivity index (χ4n) is 1.60. The molecule has 1 aromatic carbocycles. The van der Waals surface area contributed by atoms with E-state index in [9.17, 15) is 9.59 Å². The molecule has 0 aromatic heterocycles. The first-order chi connectivity index (χ1) is 8.99. The van der Waals surface area contributed by atoms with Crippen LogP contribution in [0.5, 0.6) is 0 Å². The summed E-state index contributed by atoms with van der Waals surface area (Å²) in [6, 6.07) is 7.19. The smallest absolute Gasteiger partial charge is 0.220 e. The molecule has 0 fully saturated rings. The van der Waals surface area contributed by atoms with Gasteiger partial charge in [0, 0.05) is 29.4 Å². The lowest BCUT2D eigenvalue weighted by Crippen LogP contribution is -2.25. The Labute approximate surface area is 122 Å². The molecule has 0 radical (unpaired) electrons. The number of hydrogen-bond donors (Lipinski definition) is 1. The number of amides is 1. The average molecular weight is 326 g/mol. The van der Waals surface area contributed by atoms with E-state index in [4.69, 9.17) is 0 Å². The lowest BCUT2D eigenvalue weighted by atomic mass is 10.1. The second-order valence-corrected chi connectivity index (χ2v) is 5.88. The fraction of sp³-hybridized carbons (Fsp3) is 0.467. The van der Waals surface area contributed by atoms with E-state index < -0.39 is 0 Å². The number of carbonyl (C=O) groups is 2. The predicted molar refractivity (Wildman–Crippen MR) is 80.2 cm³/mol. The summed E-state index contributed by atoms with van der Waals surface area (Å²) >= 11 is 3.32. The SMILES string of the molecule is CC(C)CCNC(=O)CCC(=O)c1ccc(Br)cc1. The molecule has 104 valence electrons. The average Bonchev–Trinajstić information content (AvgIpc) is 2.36. The summed E-state index contributed by atoms with van der Waals surface area (Å²) in [6.45, 7) is 4.91. The molecule has 0 saturated carbocycles. The molecule has 0 heterocycles. The lowest BCUT2D eigenvalue weighted by Gasteiger charge is -2.07. The van der Waals surface area contributed by atoms with Crippen LogP contribution in [0.1, 0.15) is 43.5 Å². The van der Waals surface area contributed by atoms with Gasteiger partial charge in [0.05, 0.1) is 0 Å². The van der Waals surface area contributed by atoms with Crippen molar-refractivity contribution in [2.75, 3.05) is 6.54 Å². The molecule has 0 aliphatic rings. The fourth-order valence-corrected chi connectivity index (χ4v) is 1.86. The number of halogens is 1. The Morgan fingerprint density at radius 1 is 1.16 bits per heavy atom. The molecule has 3 nitrogen and oxygen atoms in total. The minimum Gasteiger partial charge on any atom is -0.356 e. The molecule has 0 unspecified atom stereocenters. The number of nitrogens with one attached hydrogen (secondary N) is 1. The normalized spacial score (nSPS) is 10.5. The van der Waals surface area contributed by atoms with E-state index >= 15 is 0 Å². The van der Waals surface area contributed by atoms with Gasteiger partial charge in [-0.1, -0.05) is 41.9 Å². The number of carbonyl (C=O) groups excluding carboxylic acids is 2. The van der Waals surface area contributed by atoms with Gasteiger partial charge in [-0.15, -0.1) is 0 Å². The van der Waals surface area contributed by atoms with Gasteiger partial charge < -0.3 is 5.32 Å². The predicted octanol–water partition coefficient (Wildman–Crippen LogP) is 3.57. The third kappa shape index (κ3) is 6.53. The van der Waals surface area contributed by atoms with Crippen molar-refractivity contribution in [3.63, 3.8) is 0 Å². The van der Waals surface area contributed by atoms with Crippen LogP contribution >= 0.6 is 15.9 Å². The molecule has 4 heteroatoms. The minimum absolute atomic E-state index is 0.00603. The number of benzene rings is 1. The first-order valence-corrected chi connectivity index (χ1v) is 7.34. The molecular weight excluding hydrogens is 306 g/mol. The van der Waals surface area contributed by atoms with Gasteiger partial charge in [-0.05, 0) is 24.5 Å². The molecule has 0 aliphatic carbocycles. The third-order valence-electron chi connectivity index (χ3n) is 2.79. The summed E-state index contributed by atoms with van der Waals surface area (Å²) in [5, 5.41) is 2.83. The number of Topliss-reactive ketones (excluding diaryl/α,β-unsaturated/α-hetero) is 1. The maximum Gasteiger partial charge on any atom is 0.220 e. The van der Waals surface area contributed by atoms with E-state index in [1.165, 1.54) is 0 Å². The van der Waals surface area contributed by atoms with E-state index in [-0.39, 0.29) is 24.5 Å². The van der Waals surface area contributed by atoms with E-state index in [1.54, 1.807) is 12.1 Å². The second kappa shape index (κ2) is 8.10. The van der Waals surface area contributed by atoms with Crippen LogP contribution in [0.4, 0.5) is 0 Å². The molecule has 1 aromatic rings. The van der Waals surface area contributed by atoms with Crippen LogP contribution in [0.25, 0.3) is 0 Å². The van der Waals surface area contributed by atoms with Crippen LogP contribution in [0.3, 0.4) is 0 Å². The third-order valence-corrected chi connectivity index (χ3v) is 3.32. The van der Waals surface area contributed by atoms with Gasteiger partial charge >= 0.3 is 0 Å². The maximum absolute atomic E-state index is 11.8. The summed E-state index contributed by atoms with van der Waals surface area (Å²) in [5.74, 6) is 0.530. The quantitative estimate of drug-likeness (QED) is 0.779. The van der Waals surface area contributed by atoms with Crippen molar-refractivity contribution < 1.29 is 9.59 Å². The largest absolute Gasteiger partial charge is 0.356 e. The van der Waals surface area contributed by atoms with Crippen molar-refractivity contribution >= 4 is 27.6 Å². The Bertz CT molecular complexity index is 426. The van der Waals surface area contributed by atoms with Crippen LogP contribution in [-0.4, -0.2) is 18.2 Å². The molecule has 0 atom stereocenters. The molecule has 19 heavy (non-hydrogen) atoms. The van der Waals surface area contributed by atoms with E-state index in [2.05, 4.69) is 35.1 Å². The van der Waals surface area contributed by atoms with E-state index in [1.807, 2.05) is 12.1 Å². The van der Waals surface area contributed by atoms with Gasteiger partial charge in [-0.3, -0.25) is 9.59 Å². The molecule has 1 rings (SSSR count). The van der Waals surface area contributed by atoms with Crippen LogP contribution in [0.15, 0.2) is 28.7 Å². The van der Waals surface area contributed by atoms with Crippen LogP contribution in [0, 0.1) is 5.92 Å². The van der Waals surface area contributed by atoms with Crippen LogP contribution < -0.4 is 5.32 Å². The van der Waals surface area contributed by atoms with Gasteiger partial charge in [-0.25, -0.2) is 0 Å². The number of ketones is 1. The van der Waals surface area contributed by atoms with E-state index in [0.29, 0.717) is 18.0 Å². The van der Waals surface area contributed by atoms with Gasteiger partial charge in [0.1, 0.15) is 0 Å². The summed E-state index contributed by atoms with van der Waals surface area (Å²) in [4.78, 5) is 23.4. The van der Waals surface area contributed by atoms with Crippen LogP contribution in [-0.2, 0) is 4.79 Å². The first-order valence-electron chi connectivity index (χ1n) is 6.54. The Hall–Kier alpha value is -1.16. The Morgan fingerprint density at radius 3 is 2.37 bits per heavy atom. The first kappa shape index (κ1) is 15.9. The Kier molecular flexibility index (Phi) is 6.78. The topological polar surface area (TPSA) is 46.2 Å². The van der Waals surface area contributed by atoms with Gasteiger partial charge in [0.15, 0.2) is 5.78 Å². The van der Waals surface area contributed by atoms with Gasteiger partial charge in [0.2, 0.25) is 5.91 Å². The second-order valence-electron chi connectivity index (χ2n) is 4.96. The number of hydrogen-bond acceptors (Lipinski definition) is 2. The monoisotopic (exact) mass is 325 g/mol. The summed E-state index contributed by atoms with van der Waals surface area (Å²) < 4.78 is 0.940. The van der Waals surface area contributed by atoms with E-state index in [0.717, 1.165) is 10.9 Å². The van der Waals surface area contributed by atoms with Crippen molar-refractivity contribution in [2.45, 2.75) is 33.1 Å². The zero-order chi connectivity index (χ0) is 14.3. The van der Waals surface area contributed by atoms with Gasteiger partial charge in [-0.2, -0.15) is 0 Å². The molecular formula is C15H20BrNO2. The number of rotatable bonds is 7. The molecule has 0 spiro atoms. The zero-order valence-corrected chi connectivity index (χ0v) is 13.0. The van der Waals surface area contributed by atoms with Crippen LogP contribution in [0.2, 0.25) is 0 Å². The molecule has 1 amide bonds. The van der Waals surface area contributed by atoms with Crippen molar-refractivity contribution in [3.8, 4) is 0 Å². The van der Waals surface area contributed by atoms with Crippen molar-refractivity contribution in [3.05, 3.63) is 34.3 Å². The molecule has 1 N–H and O–H groups in total. The van der Waals surface area contributed by atoms with Crippen molar-refractivity contribution in [1.29, 1.82) is 0 Å². The molecule has 0 bridgehead atoms. The van der Waals surface area contributed by atoms with Crippen molar-refractivity contribution in [2.24, 2.45) is 5.92 Å². The Morgan fingerprint density at radius 2 is 1.79 bits per heavy atom. The van der Waals surface area contributed by atoms with Crippen molar-refractivity contribution in [1.82, 2.24) is 5.32 Å². The summed E-state index contributed by atoms with van der Waals surface area (Å²) in [6.07, 6.45) is 1.48. The molecule has 0 aliphatic heterocycles. The molecule has 0 saturated heterocycles. The maximum atomic E-state index is 11.8. The Balaban J connectivity index is 2.30. The highest BCUT2D eigenvalue weighted by Crippen LogP contribution is 2.12. The highest BCUT2D eigenvalue weighted by atomic mass is 79.9. The summed E-state index contributed by atoms with van der Waals surface area (Å²) in [5.41, 5.74) is 0.651. The highest BCUT2D eigenvalue weighted by molar-refractivity contribution is 9.10. The minimum atomic E-state index is -0.0499. The highest BCUT2D eigenvalue weighted by Gasteiger charge is 2.09. The standard InChI is InChI=1S/C15H20BrNO2/c1-11(2)9-10-17-15(19)8-7-14(18)12-3-5-13(16)6-4-12/h3-6,11H,7-10H2,1-2H3,(H,17,19). The van der Waals surface area contributed by atoms with Gasteiger partial charge in [0.25, 0.3) is 0 Å². The summed E-state index contributed by atoms with van der Waals surface area (Å²) in [7, 11) is 0.